The fourth-order valence-electron chi connectivity index (χ4n) is 2.23. The summed E-state index contributed by atoms with van der Waals surface area (Å²) in [5, 5.41) is 7.95. The Hall–Kier alpha value is -2.09. The molecular weight excluding hydrogens is 292 g/mol. The summed E-state index contributed by atoms with van der Waals surface area (Å²) >= 11 is 1.44. The van der Waals surface area contributed by atoms with Gasteiger partial charge in [-0.3, -0.25) is 14.9 Å². The number of urea groups is 1. The number of anilines is 1. The van der Waals surface area contributed by atoms with E-state index in [9.17, 15) is 14.4 Å². The summed E-state index contributed by atoms with van der Waals surface area (Å²) in [5.41, 5.74) is 4.99. The average Bonchev–Trinajstić information content (AvgIpc) is 2.97. The molecular formula is C13H18N4O3S. The van der Waals surface area contributed by atoms with Gasteiger partial charge in [0, 0.05) is 13.1 Å². The average molecular weight is 310 g/mol. The lowest BCUT2D eigenvalue weighted by Gasteiger charge is -2.31. The fourth-order valence-corrected chi connectivity index (χ4v) is 2.84. The molecule has 4 amide bonds. The number of hydrogen-bond donors (Lipinski definition) is 3. The van der Waals surface area contributed by atoms with E-state index in [1.54, 1.807) is 4.90 Å². The Labute approximate surface area is 126 Å². The molecule has 21 heavy (non-hydrogen) atoms. The maximum atomic E-state index is 12.1. The maximum Gasteiger partial charge on any atom is 0.322 e. The number of hydrogen-bond acceptors (Lipinski definition) is 4. The van der Waals surface area contributed by atoms with E-state index in [0.717, 1.165) is 11.4 Å². The number of carbonyl (C=O) groups is 3. The van der Waals surface area contributed by atoms with Gasteiger partial charge < -0.3 is 16.0 Å². The number of primary amides is 1. The van der Waals surface area contributed by atoms with E-state index in [0.29, 0.717) is 19.5 Å². The quantitative estimate of drug-likeness (QED) is 0.758. The number of nitrogens with one attached hydrogen (secondary N) is 2. The third kappa shape index (κ3) is 4.45. The highest BCUT2D eigenvalue weighted by atomic mass is 32.1. The molecule has 2 heterocycles. The molecule has 7 nitrogen and oxygen atoms in total. The summed E-state index contributed by atoms with van der Waals surface area (Å²) in [4.78, 5) is 36.3. The number of likely N-dealkylation sites (tertiary alicyclic amines) is 1. The maximum absolute atomic E-state index is 12.1. The Balaban J connectivity index is 1.86. The van der Waals surface area contributed by atoms with E-state index in [1.165, 1.54) is 11.3 Å². The van der Waals surface area contributed by atoms with Crippen molar-refractivity contribution in [2.45, 2.75) is 12.8 Å². The monoisotopic (exact) mass is 310 g/mol. The van der Waals surface area contributed by atoms with Crippen molar-refractivity contribution >= 4 is 34.2 Å². The molecule has 2 rings (SSSR count). The van der Waals surface area contributed by atoms with Crippen LogP contribution in [0, 0.1) is 5.92 Å². The smallest absolute Gasteiger partial charge is 0.322 e. The summed E-state index contributed by atoms with van der Waals surface area (Å²) in [6.07, 6.45) is 1.46. The molecule has 0 spiro atoms. The molecule has 0 aromatic carbocycles. The molecule has 1 aliphatic heterocycles. The van der Waals surface area contributed by atoms with Gasteiger partial charge in [0.2, 0.25) is 11.8 Å². The van der Waals surface area contributed by atoms with Crippen molar-refractivity contribution in [3.05, 3.63) is 17.5 Å². The summed E-state index contributed by atoms with van der Waals surface area (Å²) in [6, 6.07) is 3.48. The van der Waals surface area contributed by atoms with Crippen molar-refractivity contribution in [2.24, 2.45) is 11.7 Å². The third-order valence-corrected chi connectivity index (χ3v) is 4.05. The second-order valence-electron chi connectivity index (χ2n) is 4.88. The normalized spacial score (nSPS) is 18.1. The van der Waals surface area contributed by atoms with Crippen LogP contribution in [-0.2, 0) is 9.59 Å². The lowest BCUT2D eigenvalue weighted by Crippen LogP contribution is -2.47. The van der Waals surface area contributed by atoms with Crippen LogP contribution in [0.1, 0.15) is 12.8 Å². The van der Waals surface area contributed by atoms with Gasteiger partial charge in [-0.15, -0.1) is 11.3 Å². The first-order valence-electron chi connectivity index (χ1n) is 6.71. The standard InChI is InChI=1S/C13H18N4O3S/c14-10(18)7-15-12(19)9-3-1-5-17(8-9)13(20)16-11-4-2-6-21-11/h2,4,6,9H,1,3,5,7-8H2,(H2,14,18)(H,15,19)(H,16,20). The second kappa shape index (κ2) is 7.07. The van der Waals surface area contributed by atoms with Crippen LogP contribution in [0.25, 0.3) is 0 Å². The number of thiophene rings is 1. The zero-order chi connectivity index (χ0) is 15.2. The second-order valence-corrected chi connectivity index (χ2v) is 5.82. The van der Waals surface area contributed by atoms with Crippen molar-refractivity contribution < 1.29 is 14.4 Å². The van der Waals surface area contributed by atoms with Crippen LogP contribution in [0.5, 0.6) is 0 Å². The lowest BCUT2D eigenvalue weighted by molar-refractivity contribution is -0.128. The largest absolute Gasteiger partial charge is 0.368 e. The molecule has 1 fully saturated rings. The van der Waals surface area contributed by atoms with Gasteiger partial charge in [0.05, 0.1) is 17.5 Å². The molecule has 1 aromatic rings. The molecule has 1 atom stereocenters. The molecule has 8 heteroatoms. The van der Waals surface area contributed by atoms with Crippen molar-refractivity contribution in [3.8, 4) is 0 Å². The van der Waals surface area contributed by atoms with Gasteiger partial charge >= 0.3 is 6.03 Å². The first-order chi connectivity index (χ1) is 10.1. The zero-order valence-electron chi connectivity index (χ0n) is 11.5. The van der Waals surface area contributed by atoms with E-state index in [4.69, 9.17) is 5.73 Å². The van der Waals surface area contributed by atoms with Gasteiger partial charge in [-0.05, 0) is 30.4 Å². The number of nitrogens with zero attached hydrogens (tertiary/aromatic N) is 1. The Morgan fingerprint density at radius 1 is 1.43 bits per heavy atom. The summed E-state index contributed by atoms with van der Waals surface area (Å²) < 4.78 is 0. The molecule has 1 saturated heterocycles. The third-order valence-electron chi connectivity index (χ3n) is 3.27. The minimum Gasteiger partial charge on any atom is -0.368 e. The molecule has 114 valence electrons. The van der Waals surface area contributed by atoms with E-state index >= 15 is 0 Å². The van der Waals surface area contributed by atoms with Crippen LogP contribution in [0.2, 0.25) is 0 Å². The van der Waals surface area contributed by atoms with Crippen LogP contribution in [0.3, 0.4) is 0 Å². The molecule has 1 aromatic heterocycles. The van der Waals surface area contributed by atoms with Gasteiger partial charge in [-0.1, -0.05) is 0 Å². The number of rotatable bonds is 4. The lowest BCUT2D eigenvalue weighted by atomic mass is 9.97. The van der Waals surface area contributed by atoms with Crippen LogP contribution in [-0.4, -0.2) is 42.4 Å². The van der Waals surface area contributed by atoms with Crippen molar-refractivity contribution in [1.29, 1.82) is 0 Å². The summed E-state index contributed by atoms with van der Waals surface area (Å²) in [5.74, 6) is -1.11. The summed E-state index contributed by atoms with van der Waals surface area (Å²) in [7, 11) is 0. The number of amides is 4. The first kappa shape index (κ1) is 15.3. The van der Waals surface area contributed by atoms with E-state index in [1.807, 2.05) is 17.5 Å². The van der Waals surface area contributed by atoms with E-state index in [-0.39, 0.29) is 24.4 Å². The molecule has 0 saturated carbocycles. The van der Waals surface area contributed by atoms with Crippen molar-refractivity contribution in [2.75, 3.05) is 25.0 Å². The van der Waals surface area contributed by atoms with Gasteiger partial charge in [-0.2, -0.15) is 0 Å². The molecule has 1 unspecified atom stereocenters. The Morgan fingerprint density at radius 2 is 2.24 bits per heavy atom. The fraction of sp³-hybridized carbons (Fsp3) is 0.462. The Bertz CT molecular complexity index is 517. The van der Waals surface area contributed by atoms with Crippen LogP contribution >= 0.6 is 11.3 Å². The molecule has 4 N–H and O–H groups in total. The molecule has 0 radical (unpaired) electrons. The molecule has 0 bridgehead atoms. The van der Waals surface area contributed by atoms with Crippen molar-refractivity contribution in [3.63, 3.8) is 0 Å². The van der Waals surface area contributed by atoms with Gasteiger partial charge in [-0.25, -0.2) is 4.79 Å². The minimum atomic E-state index is -0.577. The topological polar surface area (TPSA) is 105 Å². The van der Waals surface area contributed by atoms with Crippen LogP contribution < -0.4 is 16.4 Å². The Kier molecular flexibility index (Phi) is 5.15. The van der Waals surface area contributed by atoms with E-state index < -0.39 is 5.91 Å². The van der Waals surface area contributed by atoms with Crippen LogP contribution in [0.15, 0.2) is 17.5 Å². The zero-order valence-corrected chi connectivity index (χ0v) is 12.3. The number of carbonyl (C=O) groups excluding carboxylic acids is 3. The van der Waals surface area contributed by atoms with Crippen molar-refractivity contribution in [1.82, 2.24) is 10.2 Å². The SMILES string of the molecule is NC(=O)CNC(=O)C1CCCN(C(=O)Nc2cccs2)C1. The minimum absolute atomic E-state index is 0.170. The van der Waals surface area contributed by atoms with Gasteiger partial charge in [0.25, 0.3) is 0 Å². The molecule has 0 aliphatic carbocycles. The Morgan fingerprint density at radius 3 is 2.90 bits per heavy atom. The van der Waals surface area contributed by atoms with Gasteiger partial charge in [0.15, 0.2) is 0 Å². The van der Waals surface area contributed by atoms with E-state index in [2.05, 4.69) is 10.6 Å². The number of piperidine rings is 1. The summed E-state index contributed by atoms with van der Waals surface area (Å²) in [6.45, 7) is 0.801. The molecule has 1 aliphatic rings. The highest BCUT2D eigenvalue weighted by Gasteiger charge is 2.28. The predicted octanol–water partition coefficient (Wildman–Crippen LogP) is 0.593. The highest BCUT2D eigenvalue weighted by molar-refractivity contribution is 7.14. The van der Waals surface area contributed by atoms with Gasteiger partial charge in [0.1, 0.15) is 0 Å². The van der Waals surface area contributed by atoms with Crippen LogP contribution in [0.4, 0.5) is 9.80 Å². The number of nitrogens with two attached hydrogens (primary N) is 1. The highest BCUT2D eigenvalue weighted by Crippen LogP contribution is 2.20. The first-order valence-corrected chi connectivity index (χ1v) is 7.59. The predicted molar refractivity (Wildman–Crippen MR) is 79.8 cm³/mol.